The molecule has 6 heteroatoms. The highest BCUT2D eigenvalue weighted by atomic mass is 35.5. The Morgan fingerprint density at radius 1 is 1.00 bits per heavy atom. The van der Waals surface area contributed by atoms with Gasteiger partial charge in [0.15, 0.2) is 6.61 Å². The second-order valence-corrected chi connectivity index (χ2v) is 6.00. The molecule has 0 atom stereocenters. The van der Waals surface area contributed by atoms with Crippen LogP contribution in [0.5, 0.6) is 5.75 Å². The third-order valence-corrected chi connectivity index (χ3v) is 4.30. The predicted octanol–water partition coefficient (Wildman–Crippen LogP) is 4.43. The van der Waals surface area contributed by atoms with E-state index >= 15 is 0 Å². The van der Waals surface area contributed by atoms with Gasteiger partial charge < -0.3 is 9.64 Å². The molecule has 1 aliphatic rings. The maximum absolute atomic E-state index is 12.1. The number of nitrogens with zero attached hydrogens (tertiary/aromatic N) is 1. The normalized spacial score (nSPS) is 15.8. The number of carbonyl (C=O) groups excluding carboxylic acids is 1. The molecule has 0 aromatic heterocycles. The van der Waals surface area contributed by atoms with Gasteiger partial charge in [0.25, 0.3) is 5.91 Å². The maximum Gasteiger partial charge on any atom is 0.260 e. The highest BCUT2D eigenvalue weighted by molar-refractivity contribution is 6.43. The molecule has 1 aromatic carbocycles. The van der Waals surface area contributed by atoms with Crippen molar-refractivity contribution in [2.24, 2.45) is 0 Å². The van der Waals surface area contributed by atoms with Crippen LogP contribution in [0.3, 0.4) is 0 Å². The van der Waals surface area contributed by atoms with E-state index < -0.39 is 0 Å². The average Bonchev–Trinajstić information content (AvgIpc) is 2.70. The van der Waals surface area contributed by atoms with Crippen molar-refractivity contribution in [3.8, 4) is 5.75 Å². The van der Waals surface area contributed by atoms with E-state index in [1.807, 2.05) is 4.90 Å². The molecule has 20 heavy (non-hydrogen) atoms. The molecule has 1 saturated heterocycles. The Balaban J connectivity index is 1.94. The third-order valence-electron chi connectivity index (χ3n) is 3.28. The lowest BCUT2D eigenvalue weighted by molar-refractivity contribution is -0.133. The zero-order chi connectivity index (χ0) is 14.5. The van der Waals surface area contributed by atoms with Gasteiger partial charge in [-0.1, -0.05) is 47.6 Å². The third kappa shape index (κ3) is 4.18. The highest BCUT2D eigenvalue weighted by Crippen LogP contribution is 2.33. The first-order chi connectivity index (χ1) is 9.58. The van der Waals surface area contributed by atoms with Gasteiger partial charge in [0.2, 0.25) is 0 Å². The van der Waals surface area contributed by atoms with Crippen LogP contribution in [-0.4, -0.2) is 30.5 Å². The summed E-state index contributed by atoms with van der Waals surface area (Å²) in [5, 5.41) is 1.07. The number of benzene rings is 1. The summed E-state index contributed by atoms with van der Waals surface area (Å²) in [5.74, 6) is 0.360. The molecule has 0 N–H and O–H groups in total. The van der Waals surface area contributed by atoms with Crippen LogP contribution in [0, 0.1) is 0 Å². The minimum absolute atomic E-state index is 0.0194. The first kappa shape index (κ1) is 15.7. The summed E-state index contributed by atoms with van der Waals surface area (Å²) >= 11 is 17.8. The van der Waals surface area contributed by atoms with E-state index in [1.165, 1.54) is 25.0 Å². The van der Waals surface area contributed by atoms with Crippen LogP contribution in [0.15, 0.2) is 12.1 Å². The molecule has 0 unspecified atom stereocenters. The SMILES string of the molecule is O=C(COc1cc(Cl)c(Cl)cc1Cl)N1CCCCCC1. The minimum Gasteiger partial charge on any atom is -0.482 e. The first-order valence-electron chi connectivity index (χ1n) is 6.63. The van der Waals surface area contributed by atoms with Gasteiger partial charge in [-0.3, -0.25) is 4.79 Å². The van der Waals surface area contributed by atoms with E-state index in [2.05, 4.69) is 0 Å². The number of ether oxygens (including phenoxy) is 1. The molecule has 1 aliphatic heterocycles. The van der Waals surface area contributed by atoms with Crippen LogP contribution in [0.2, 0.25) is 15.1 Å². The van der Waals surface area contributed by atoms with Crippen molar-refractivity contribution in [1.29, 1.82) is 0 Å². The molecule has 0 radical (unpaired) electrons. The average molecular weight is 337 g/mol. The topological polar surface area (TPSA) is 29.5 Å². The van der Waals surface area contributed by atoms with Crippen LogP contribution in [-0.2, 0) is 4.79 Å². The molecule has 1 aromatic rings. The molecular formula is C14H16Cl3NO2. The molecular weight excluding hydrogens is 321 g/mol. The summed E-state index contributed by atoms with van der Waals surface area (Å²) in [7, 11) is 0. The lowest BCUT2D eigenvalue weighted by Crippen LogP contribution is -2.35. The first-order valence-corrected chi connectivity index (χ1v) is 7.76. The summed E-state index contributed by atoms with van der Waals surface area (Å²) in [6.45, 7) is 1.58. The summed E-state index contributed by atoms with van der Waals surface area (Å²) < 4.78 is 5.46. The van der Waals surface area contributed by atoms with Crippen LogP contribution in [0.4, 0.5) is 0 Å². The lowest BCUT2D eigenvalue weighted by atomic mass is 10.2. The van der Waals surface area contributed by atoms with Gasteiger partial charge in [0, 0.05) is 19.2 Å². The van der Waals surface area contributed by atoms with Gasteiger partial charge in [-0.05, 0) is 18.9 Å². The Hall–Kier alpha value is -0.640. The van der Waals surface area contributed by atoms with E-state index in [-0.39, 0.29) is 12.5 Å². The largest absolute Gasteiger partial charge is 0.482 e. The fourth-order valence-corrected chi connectivity index (χ4v) is 2.76. The summed E-state index contributed by atoms with van der Waals surface area (Å²) in [6, 6.07) is 3.04. The van der Waals surface area contributed by atoms with Crippen molar-refractivity contribution in [2.45, 2.75) is 25.7 Å². The molecule has 0 saturated carbocycles. The Labute approximate surface area is 133 Å². The highest BCUT2D eigenvalue weighted by Gasteiger charge is 2.17. The number of amides is 1. The fraction of sp³-hybridized carbons (Fsp3) is 0.500. The molecule has 1 amide bonds. The van der Waals surface area contributed by atoms with Gasteiger partial charge in [-0.15, -0.1) is 0 Å². The standard InChI is InChI=1S/C14H16Cl3NO2/c15-10-7-12(17)13(8-11(10)16)20-9-14(19)18-5-3-1-2-4-6-18/h7-8H,1-6,9H2. The zero-order valence-corrected chi connectivity index (χ0v) is 13.3. The predicted molar refractivity (Wildman–Crippen MR) is 82.0 cm³/mol. The van der Waals surface area contributed by atoms with Gasteiger partial charge in [0.1, 0.15) is 5.75 Å². The van der Waals surface area contributed by atoms with Gasteiger partial charge >= 0.3 is 0 Å². The van der Waals surface area contributed by atoms with Crippen LogP contribution in [0.25, 0.3) is 0 Å². The van der Waals surface area contributed by atoms with Crippen molar-refractivity contribution >= 4 is 40.7 Å². The molecule has 1 fully saturated rings. The van der Waals surface area contributed by atoms with E-state index in [9.17, 15) is 4.79 Å². The van der Waals surface area contributed by atoms with Crippen molar-refractivity contribution in [2.75, 3.05) is 19.7 Å². The Bertz CT molecular complexity index is 486. The van der Waals surface area contributed by atoms with E-state index in [0.29, 0.717) is 20.8 Å². The number of likely N-dealkylation sites (tertiary alicyclic amines) is 1. The number of carbonyl (C=O) groups is 1. The van der Waals surface area contributed by atoms with Crippen molar-refractivity contribution in [3.63, 3.8) is 0 Å². The van der Waals surface area contributed by atoms with E-state index in [0.717, 1.165) is 25.9 Å². The van der Waals surface area contributed by atoms with Gasteiger partial charge in [-0.2, -0.15) is 0 Å². The molecule has 1 heterocycles. The summed E-state index contributed by atoms with van der Waals surface area (Å²) in [5.41, 5.74) is 0. The van der Waals surface area contributed by atoms with Gasteiger partial charge in [0.05, 0.1) is 15.1 Å². The minimum atomic E-state index is -0.0301. The van der Waals surface area contributed by atoms with Crippen molar-refractivity contribution in [3.05, 3.63) is 27.2 Å². The molecule has 3 nitrogen and oxygen atoms in total. The number of rotatable bonds is 3. The fourth-order valence-electron chi connectivity index (χ4n) is 2.17. The smallest absolute Gasteiger partial charge is 0.260 e. The molecule has 110 valence electrons. The molecule has 0 aliphatic carbocycles. The van der Waals surface area contributed by atoms with Gasteiger partial charge in [-0.25, -0.2) is 0 Å². The second-order valence-electron chi connectivity index (χ2n) is 4.78. The monoisotopic (exact) mass is 335 g/mol. The van der Waals surface area contributed by atoms with E-state index in [4.69, 9.17) is 39.5 Å². The zero-order valence-electron chi connectivity index (χ0n) is 11.0. The lowest BCUT2D eigenvalue weighted by Gasteiger charge is -2.20. The quantitative estimate of drug-likeness (QED) is 0.764. The number of hydrogen-bond donors (Lipinski definition) is 0. The Morgan fingerprint density at radius 2 is 1.60 bits per heavy atom. The van der Waals surface area contributed by atoms with Crippen LogP contribution < -0.4 is 4.74 Å². The van der Waals surface area contributed by atoms with Crippen LogP contribution in [0.1, 0.15) is 25.7 Å². The van der Waals surface area contributed by atoms with E-state index in [1.54, 1.807) is 0 Å². The maximum atomic E-state index is 12.1. The molecule has 0 bridgehead atoms. The molecule has 2 rings (SSSR count). The van der Waals surface area contributed by atoms with Crippen molar-refractivity contribution < 1.29 is 9.53 Å². The summed E-state index contributed by atoms with van der Waals surface area (Å²) in [4.78, 5) is 13.9. The van der Waals surface area contributed by atoms with Crippen molar-refractivity contribution in [1.82, 2.24) is 4.90 Å². The van der Waals surface area contributed by atoms with Crippen LogP contribution >= 0.6 is 34.8 Å². The molecule has 0 spiro atoms. The second kappa shape index (κ2) is 7.39. The Kier molecular flexibility index (Phi) is 5.82. The Morgan fingerprint density at radius 3 is 2.25 bits per heavy atom. The number of hydrogen-bond acceptors (Lipinski definition) is 2. The summed E-state index contributed by atoms with van der Waals surface area (Å²) in [6.07, 6.45) is 4.48. The number of halogens is 3.